The Kier molecular flexibility index (Phi) is 5.86. The van der Waals surface area contributed by atoms with Crippen molar-refractivity contribution in [2.45, 2.75) is 32.7 Å². The van der Waals surface area contributed by atoms with Crippen LogP contribution >= 0.6 is 0 Å². The fraction of sp³-hybridized carbons (Fsp3) is 0.533. The van der Waals surface area contributed by atoms with Crippen LogP contribution in [0.4, 0.5) is 0 Å². The highest BCUT2D eigenvalue weighted by Gasteiger charge is 2.14. The Bertz CT molecular complexity index is 371. The minimum absolute atomic E-state index is 0.243. The molecule has 1 rings (SSSR count). The van der Waals surface area contributed by atoms with Crippen molar-refractivity contribution in [3.63, 3.8) is 0 Å². The van der Waals surface area contributed by atoms with Crippen molar-refractivity contribution >= 4 is 5.78 Å². The molecular weight excluding hydrogens is 226 g/mol. The molecule has 1 atom stereocenters. The van der Waals surface area contributed by atoms with Crippen molar-refractivity contribution in [2.75, 3.05) is 20.7 Å². The molecule has 0 saturated carbocycles. The van der Waals surface area contributed by atoms with Gasteiger partial charge in [0, 0.05) is 12.5 Å². The van der Waals surface area contributed by atoms with Crippen LogP contribution in [0.2, 0.25) is 0 Å². The van der Waals surface area contributed by atoms with Crippen LogP contribution in [0.5, 0.6) is 5.75 Å². The summed E-state index contributed by atoms with van der Waals surface area (Å²) in [5.41, 5.74) is 1.23. The van der Waals surface area contributed by atoms with Crippen molar-refractivity contribution in [3.8, 4) is 5.75 Å². The van der Waals surface area contributed by atoms with Gasteiger partial charge in [0.05, 0.1) is 6.61 Å². The van der Waals surface area contributed by atoms with Gasteiger partial charge in [0.15, 0.2) is 0 Å². The SMILES string of the molecule is CCOc1ccc(C(CCC(C)=O)N(C)C)cc1. The molecule has 3 heteroatoms. The summed E-state index contributed by atoms with van der Waals surface area (Å²) in [6.07, 6.45) is 1.48. The fourth-order valence-corrected chi connectivity index (χ4v) is 2.02. The van der Waals surface area contributed by atoms with E-state index in [1.807, 2.05) is 33.2 Å². The summed E-state index contributed by atoms with van der Waals surface area (Å²) in [6, 6.07) is 8.42. The first-order chi connectivity index (χ1) is 8.54. The lowest BCUT2D eigenvalue weighted by Gasteiger charge is -2.24. The molecule has 0 bridgehead atoms. The molecule has 18 heavy (non-hydrogen) atoms. The van der Waals surface area contributed by atoms with E-state index in [0.717, 1.165) is 12.2 Å². The molecule has 0 N–H and O–H groups in total. The number of nitrogens with zero attached hydrogens (tertiary/aromatic N) is 1. The van der Waals surface area contributed by atoms with Crippen LogP contribution in [0.1, 0.15) is 38.3 Å². The smallest absolute Gasteiger partial charge is 0.129 e. The van der Waals surface area contributed by atoms with Gasteiger partial charge in [-0.25, -0.2) is 0 Å². The topological polar surface area (TPSA) is 29.5 Å². The standard InChI is InChI=1S/C15H23NO2/c1-5-18-14-9-7-13(8-10-14)15(16(3)4)11-6-12(2)17/h7-10,15H,5-6,11H2,1-4H3. The van der Waals surface area contributed by atoms with E-state index in [9.17, 15) is 4.79 Å². The highest BCUT2D eigenvalue weighted by Crippen LogP contribution is 2.25. The van der Waals surface area contributed by atoms with Crippen molar-refractivity contribution in [1.82, 2.24) is 4.90 Å². The van der Waals surface area contributed by atoms with Crippen LogP contribution in [0.3, 0.4) is 0 Å². The third kappa shape index (κ3) is 4.49. The van der Waals surface area contributed by atoms with E-state index in [1.165, 1.54) is 5.56 Å². The van der Waals surface area contributed by atoms with Crippen LogP contribution in [-0.4, -0.2) is 31.4 Å². The number of carbonyl (C=O) groups excluding carboxylic acids is 1. The molecule has 0 aliphatic carbocycles. The molecule has 1 aromatic rings. The zero-order chi connectivity index (χ0) is 13.5. The molecule has 0 radical (unpaired) electrons. The highest BCUT2D eigenvalue weighted by atomic mass is 16.5. The number of carbonyl (C=O) groups is 1. The molecule has 0 spiro atoms. The Morgan fingerprint density at radius 3 is 2.33 bits per heavy atom. The maximum Gasteiger partial charge on any atom is 0.129 e. The summed E-state index contributed by atoms with van der Waals surface area (Å²) in [7, 11) is 4.09. The fourth-order valence-electron chi connectivity index (χ4n) is 2.02. The average molecular weight is 249 g/mol. The summed E-state index contributed by atoms with van der Waals surface area (Å²) in [4.78, 5) is 13.3. The molecule has 0 aliphatic heterocycles. The molecule has 100 valence electrons. The number of hydrogen-bond acceptors (Lipinski definition) is 3. The molecule has 0 saturated heterocycles. The van der Waals surface area contributed by atoms with Gasteiger partial charge in [0.2, 0.25) is 0 Å². The summed E-state index contributed by atoms with van der Waals surface area (Å²) in [5, 5.41) is 0. The van der Waals surface area contributed by atoms with Crippen LogP contribution < -0.4 is 4.74 Å². The average Bonchev–Trinajstić information content (AvgIpc) is 2.31. The summed E-state index contributed by atoms with van der Waals surface area (Å²) < 4.78 is 5.43. The van der Waals surface area contributed by atoms with Gasteiger partial charge in [-0.2, -0.15) is 0 Å². The van der Waals surface area contributed by atoms with Gasteiger partial charge in [-0.15, -0.1) is 0 Å². The molecule has 0 amide bonds. The lowest BCUT2D eigenvalue weighted by Crippen LogP contribution is -2.20. The Morgan fingerprint density at radius 2 is 1.89 bits per heavy atom. The van der Waals surface area contributed by atoms with Gasteiger partial charge in [0.25, 0.3) is 0 Å². The summed E-state index contributed by atoms with van der Waals surface area (Å²) >= 11 is 0. The van der Waals surface area contributed by atoms with Crippen molar-refractivity contribution in [3.05, 3.63) is 29.8 Å². The monoisotopic (exact) mass is 249 g/mol. The van der Waals surface area contributed by atoms with Crippen molar-refractivity contribution in [1.29, 1.82) is 0 Å². The molecule has 1 aromatic carbocycles. The van der Waals surface area contributed by atoms with E-state index in [4.69, 9.17) is 4.74 Å². The largest absolute Gasteiger partial charge is 0.494 e. The predicted octanol–water partition coefficient (Wildman–Crippen LogP) is 3.06. The number of Topliss-reactive ketones (excluding diaryl/α,β-unsaturated/α-hetero) is 1. The predicted molar refractivity (Wildman–Crippen MR) is 74.0 cm³/mol. The van der Waals surface area contributed by atoms with E-state index in [2.05, 4.69) is 17.0 Å². The quantitative estimate of drug-likeness (QED) is 0.744. The normalized spacial score (nSPS) is 12.5. The maximum absolute atomic E-state index is 11.1. The molecule has 0 heterocycles. The zero-order valence-corrected chi connectivity index (χ0v) is 11.8. The zero-order valence-electron chi connectivity index (χ0n) is 11.8. The minimum atomic E-state index is 0.243. The first-order valence-corrected chi connectivity index (χ1v) is 6.43. The third-order valence-electron chi connectivity index (χ3n) is 2.97. The number of ether oxygens (including phenoxy) is 1. The number of benzene rings is 1. The Balaban J connectivity index is 2.75. The molecule has 1 unspecified atom stereocenters. The van der Waals surface area contributed by atoms with Crippen LogP contribution in [0.25, 0.3) is 0 Å². The molecule has 0 aliphatic rings. The minimum Gasteiger partial charge on any atom is -0.494 e. The van der Waals surface area contributed by atoms with Gasteiger partial charge in [-0.1, -0.05) is 12.1 Å². The molecular formula is C15H23NO2. The Labute approximate surface area is 110 Å². The summed E-state index contributed by atoms with van der Waals surface area (Å²) in [5.74, 6) is 1.14. The van der Waals surface area contributed by atoms with Gasteiger partial charge < -0.3 is 14.4 Å². The van der Waals surface area contributed by atoms with Gasteiger partial charge >= 0.3 is 0 Å². The van der Waals surface area contributed by atoms with E-state index in [1.54, 1.807) is 6.92 Å². The first kappa shape index (κ1) is 14.7. The highest BCUT2D eigenvalue weighted by molar-refractivity contribution is 5.75. The lowest BCUT2D eigenvalue weighted by molar-refractivity contribution is -0.117. The van der Waals surface area contributed by atoms with Crippen LogP contribution in [0, 0.1) is 0 Å². The first-order valence-electron chi connectivity index (χ1n) is 6.43. The Morgan fingerprint density at radius 1 is 1.28 bits per heavy atom. The van der Waals surface area contributed by atoms with E-state index in [0.29, 0.717) is 13.0 Å². The lowest BCUT2D eigenvalue weighted by atomic mass is 10.00. The second kappa shape index (κ2) is 7.17. The second-order valence-corrected chi connectivity index (χ2v) is 4.72. The van der Waals surface area contributed by atoms with Crippen LogP contribution in [0.15, 0.2) is 24.3 Å². The third-order valence-corrected chi connectivity index (χ3v) is 2.97. The van der Waals surface area contributed by atoms with Crippen LogP contribution in [-0.2, 0) is 4.79 Å². The number of ketones is 1. The second-order valence-electron chi connectivity index (χ2n) is 4.72. The molecule has 0 aromatic heterocycles. The van der Waals surface area contributed by atoms with Crippen molar-refractivity contribution < 1.29 is 9.53 Å². The Hall–Kier alpha value is -1.35. The summed E-state index contributed by atoms with van der Waals surface area (Å²) in [6.45, 7) is 4.30. The van der Waals surface area contributed by atoms with E-state index < -0.39 is 0 Å². The number of rotatable bonds is 7. The maximum atomic E-state index is 11.1. The van der Waals surface area contributed by atoms with Gasteiger partial charge in [-0.05, 0) is 52.1 Å². The molecule has 3 nitrogen and oxygen atoms in total. The number of hydrogen-bond donors (Lipinski definition) is 0. The van der Waals surface area contributed by atoms with Gasteiger partial charge in [-0.3, -0.25) is 0 Å². The van der Waals surface area contributed by atoms with E-state index >= 15 is 0 Å². The van der Waals surface area contributed by atoms with Crippen molar-refractivity contribution in [2.24, 2.45) is 0 Å². The van der Waals surface area contributed by atoms with Gasteiger partial charge in [0.1, 0.15) is 11.5 Å². The molecule has 0 fully saturated rings. The van der Waals surface area contributed by atoms with E-state index in [-0.39, 0.29) is 11.8 Å².